The van der Waals surface area contributed by atoms with Crippen LogP contribution in [0.3, 0.4) is 0 Å². The second-order valence-electron chi connectivity index (χ2n) is 9.19. The van der Waals surface area contributed by atoms with Crippen LogP contribution in [0, 0.1) is 10.8 Å². The smallest absolute Gasteiger partial charge is 0.144 e. The lowest BCUT2D eigenvalue weighted by Crippen LogP contribution is -2.40. The maximum absolute atomic E-state index is 6.62. The number of thioether (sulfide) groups is 1. The van der Waals surface area contributed by atoms with Crippen LogP contribution < -0.4 is 0 Å². The van der Waals surface area contributed by atoms with Gasteiger partial charge in [-0.15, -0.1) is 0 Å². The highest BCUT2D eigenvalue weighted by atomic mass is 32.2. The molecule has 134 valence electrons. The van der Waals surface area contributed by atoms with Crippen molar-refractivity contribution in [3.05, 3.63) is 46.4 Å². The van der Waals surface area contributed by atoms with Gasteiger partial charge in [0.15, 0.2) is 0 Å². The number of rotatable bonds is 4. The number of hydrogen-bond donors (Lipinski definition) is 0. The normalized spacial score (nSPS) is 25.0. The van der Waals surface area contributed by atoms with Crippen LogP contribution in [0.5, 0.6) is 0 Å². The summed E-state index contributed by atoms with van der Waals surface area (Å²) in [4.78, 5) is 1.03. The molecular weight excluding hydrogens is 312 g/mol. The van der Waals surface area contributed by atoms with E-state index >= 15 is 0 Å². The molecule has 0 saturated carbocycles. The molecule has 1 atom stereocenters. The highest BCUT2D eigenvalue weighted by Gasteiger charge is 2.44. The Labute approximate surface area is 153 Å². The number of hydrogen-bond acceptors (Lipinski definition) is 2. The molecule has 0 fully saturated rings. The average Bonchev–Trinajstić information content (AvgIpc) is 2.88. The first kappa shape index (κ1) is 19.6. The Morgan fingerprint density at radius 1 is 1.04 bits per heavy atom. The van der Waals surface area contributed by atoms with E-state index in [4.69, 9.17) is 4.74 Å². The van der Waals surface area contributed by atoms with Crippen molar-refractivity contribution in [1.82, 2.24) is 0 Å². The number of allylic oxidation sites excluding steroid dienone is 5. The van der Waals surface area contributed by atoms with Crippen molar-refractivity contribution in [3.8, 4) is 0 Å². The van der Waals surface area contributed by atoms with Crippen molar-refractivity contribution >= 4 is 11.8 Å². The van der Waals surface area contributed by atoms with Crippen molar-refractivity contribution in [2.24, 2.45) is 10.8 Å². The zero-order chi connectivity index (χ0) is 18.2. The molecule has 2 heteroatoms. The third-order valence-corrected chi connectivity index (χ3v) is 5.77. The van der Waals surface area contributed by atoms with E-state index in [0.29, 0.717) is 0 Å². The predicted molar refractivity (Wildman–Crippen MR) is 108 cm³/mol. The van der Waals surface area contributed by atoms with E-state index in [9.17, 15) is 0 Å². The van der Waals surface area contributed by atoms with E-state index in [0.717, 1.165) is 12.8 Å². The summed E-state index contributed by atoms with van der Waals surface area (Å²) in [5.41, 5.74) is 3.06. The molecule has 0 spiro atoms. The van der Waals surface area contributed by atoms with E-state index < -0.39 is 0 Å². The van der Waals surface area contributed by atoms with E-state index in [1.54, 1.807) is 0 Å². The minimum atomic E-state index is -0.304. The summed E-state index contributed by atoms with van der Waals surface area (Å²) in [6.45, 7) is 18.1. The summed E-state index contributed by atoms with van der Waals surface area (Å²) >= 11 is 1.89. The molecule has 1 unspecified atom stereocenters. The maximum Gasteiger partial charge on any atom is 0.144 e. The van der Waals surface area contributed by atoms with Gasteiger partial charge in [0.05, 0.1) is 6.10 Å². The summed E-state index contributed by atoms with van der Waals surface area (Å²) in [5, 5.41) is 0. The molecule has 0 amide bonds. The van der Waals surface area contributed by atoms with Crippen LogP contribution in [0.4, 0.5) is 0 Å². The van der Waals surface area contributed by atoms with Gasteiger partial charge in [0, 0.05) is 11.3 Å². The van der Waals surface area contributed by atoms with Crippen molar-refractivity contribution in [2.45, 2.75) is 79.3 Å². The van der Waals surface area contributed by atoms with Gasteiger partial charge in [-0.25, -0.2) is 0 Å². The minimum absolute atomic E-state index is 0.0650. The first-order chi connectivity index (χ1) is 10.9. The van der Waals surface area contributed by atoms with Crippen molar-refractivity contribution < 1.29 is 4.74 Å². The molecule has 0 aromatic rings. The van der Waals surface area contributed by atoms with Gasteiger partial charge in [-0.1, -0.05) is 83.7 Å². The highest BCUT2D eigenvalue weighted by Crippen LogP contribution is 2.53. The van der Waals surface area contributed by atoms with E-state index in [-0.39, 0.29) is 21.9 Å². The van der Waals surface area contributed by atoms with Crippen LogP contribution in [0.25, 0.3) is 0 Å². The summed E-state index contributed by atoms with van der Waals surface area (Å²) < 4.78 is 6.62. The fraction of sp³-hybridized carbons (Fsp3) is 0.636. The molecule has 1 nitrogen and oxygen atoms in total. The van der Waals surface area contributed by atoms with Crippen molar-refractivity contribution in [2.75, 3.05) is 0 Å². The maximum atomic E-state index is 6.62. The average molecular weight is 347 g/mol. The van der Waals surface area contributed by atoms with Crippen molar-refractivity contribution in [1.29, 1.82) is 0 Å². The lowest BCUT2D eigenvalue weighted by Gasteiger charge is -2.45. The van der Waals surface area contributed by atoms with Crippen LogP contribution in [0.1, 0.15) is 68.2 Å². The molecule has 2 aliphatic carbocycles. The van der Waals surface area contributed by atoms with Crippen molar-refractivity contribution in [3.63, 3.8) is 0 Å². The molecule has 0 aliphatic heterocycles. The van der Waals surface area contributed by atoms with E-state index in [1.807, 2.05) is 11.8 Å². The monoisotopic (exact) mass is 346 g/mol. The third-order valence-electron chi connectivity index (χ3n) is 4.42. The van der Waals surface area contributed by atoms with Crippen LogP contribution in [0.2, 0.25) is 0 Å². The third kappa shape index (κ3) is 4.46. The van der Waals surface area contributed by atoms with Gasteiger partial charge >= 0.3 is 0 Å². The van der Waals surface area contributed by atoms with Crippen LogP contribution in [-0.4, -0.2) is 11.0 Å². The quantitative estimate of drug-likeness (QED) is 0.505. The van der Waals surface area contributed by atoms with Gasteiger partial charge in [-0.05, 0) is 42.2 Å². The second-order valence-corrected chi connectivity index (χ2v) is 10.5. The van der Waals surface area contributed by atoms with E-state index in [2.05, 4.69) is 85.8 Å². The van der Waals surface area contributed by atoms with Gasteiger partial charge in [0.2, 0.25) is 0 Å². The summed E-state index contributed by atoms with van der Waals surface area (Å²) in [5.74, 6) is 0. The molecule has 0 aromatic carbocycles. The zero-order valence-corrected chi connectivity index (χ0v) is 17.5. The molecule has 0 heterocycles. The minimum Gasteiger partial charge on any atom is -0.357 e. The summed E-state index contributed by atoms with van der Waals surface area (Å²) in [7, 11) is 0. The van der Waals surface area contributed by atoms with Gasteiger partial charge in [-0.2, -0.15) is 0 Å². The SMILES string of the molecule is CC(C)OC1(SC2=CCC=C2)CC=C(C(C)(C)C)C=C1C(C)(C)C. The van der Waals surface area contributed by atoms with Gasteiger partial charge in [0.1, 0.15) is 4.93 Å². The van der Waals surface area contributed by atoms with Gasteiger partial charge < -0.3 is 4.74 Å². The molecule has 0 saturated heterocycles. The molecule has 2 rings (SSSR count). The Bertz CT molecular complexity index is 590. The van der Waals surface area contributed by atoms with E-state index in [1.165, 1.54) is 16.1 Å². The molecule has 24 heavy (non-hydrogen) atoms. The predicted octanol–water partition coefficient (Wildman–Crippen LogP) is 7.03. The zero-order valence-electron chi connectivity index (χ0n) is 16.7. The fourth-order valence-corrected chi connectivity index (χ4v) is 4.91. The lowest BCUT2D eigenvalue weighted by atomic mass is 9.74. The second kappa shape index (κ2) is 6.88. The number of ether oxygens (including phenoxy) is 1. The Morgan fingerprint density at radius 2 is 1.71 bits per heavy atom. The Hall–Kier alpha value is -0.730. The fourth-order valence-electron chi connectivity index (χ4n) is 3.30. The Kier molecular flexibility index (Phi) is 5.62. The molecular formula is C22H34OS. The van der Waals surface area contributed by atoms with Crippen LogP contribution in [-0.2, 0) is 4.74 Å². The Morgan fingerprint density at radius 3 is 2.17 bits per heavy atom. The lowest BCUT2D eigenvalue weighted by molar-refractivity contribution is -0.00281. The largest absolute Gasteiger partial charge is 0.357 e. The molecule has 0 aromatic heterocycles. The molecule has 2 aliphatic rings. The van der Waals surface area contributed by atoms with Crippen LogP contribution >= 0.6 is 11.8 Å². The summed E-state index contributed by atoms with van der Waals surface area (Å²) in [6.07, 6.45) is 13.7. The molecule has 0 radical (unpaired) electrons. The molecule has 0 bridgehead atoms. The standard InChI is InChI=1S/C22H34OS/c1-16(2)23-22(24-18-11-9-10-12-18)14-13-17(20(3,4)5)15-19(22)21(6,7)8/h9,11-13,15-16H,10,14H2,1-8H3. The van der Waals surface area contributed by atoms with Gasteiger partial charge in [-0.3, -0.25) is 0 Å². The molecule has 0 N–H and O–H groups in total. The topological polar surface area (TPSA) is 9.23 Å². The van der Waals surface area contributed by atoms with Crippen LogP contribution in [0.15, 0.2) is 46.4 Å². The van der Waals surface area contributed by atoms with Gasteiger partial charge in [0.25, 0.3) is 0 Å². The highest BCUT2D eigenvalue weighted by molar-refractivity contribution is 8.04. The first-order valence-corrected chi connectivity index (χ1v) is 9.92. The Balaban J connectivity index is 2.50. The first-order valence-electron chi connectivity index (χ1n) is 9.11. The summed E-state index contributed by atoms with van der Waals surface area (Å²) in [6, 6.07) is 0.